The van der Waals surface area contributed by atoms with Crippen LogP contribution in [0.5, 0.6) is 5.75 Å². The monoisotopic (exact) mass is 262 g/mol. The maximum atomic E-state index is 12.1. The standard InChI is InChI=1S/C12H17F3N2O/c1-16-10(4-3-6-12(13,14)15)9-5-7-17-8-11(9)18-2/h5,7-8,10,16H,3-4,6H2,1-2H3. The summed E-state index contributed by atoms with van der Waals surface area (Å²) in [4.78, 5) is 3.92. The molecule has 0 saturated carbocycles. The van der Waals surface area contributed by atoms with Gasteiger partial charge < -0.3 is 10.1 Å². The SMILES string of the molecule is CNC(CCCC(F)(F)F)c1ccncc1OC. The fourth-order valence-corrected chi connectivity index (χ4v) is 1.81. The number of hydrogen-bond donors (Lipinski definition) is 1. The Morgan fingerprint density at radius 3 is 2.72 bits per heavy atom. The van der Waals surface area contributed by atoms with E-state index in [-0.39, 0.29) is 12.5 Å². The van der Waals surface area contributed by atoms with Crippen LogP contribution < -0.4 is 10.1 Å². The van der Waals surface area contributed by atoms with Gasteiger partial charge >= 0.3 is 6.18 Å². The summed E-state index contributed by atoms with van der Waals surface area (Å²) < 4.78 is 41.5. The fourth-order valence-electron chi connectivity index (χ4n) is 1.81. The van der Waals surface area contributed by atoms with Crippen LogP contribution >= 0.6 is 0 Å². The van der Waals surface area contributed by atoms with Gasteiger partial charge in [-0.25, -0.2) is 0 Å². The number of methoxy groups -OCH3 is 1. The Kier molecular flexibility index (Phi) is 5.40. The quantitative estimate of drug-likeness (QED) is 0.855. The van der Waals surface area contributed by atoms with Gasteiger partial charge in [0.2, 0.25) is 0 Å². The third kappa shape index (κ3) is 4.52. The van der Waals surface area contributed by atoms with E-state index in [2.05, 4.69) is 10.3 Å². The van der Waals surface area contributed by atoms with Crippen LogP contribution in [0.1, 0.15) is 30.9 Å². The van der Waals surface area contributed by atoms with Crippen molar-refractivity contribution in [3.05, 3.63) is 24.0 Å². The molecule has 1 atom stereocenters. The third-order valence-corrected chi connectivity index (χ3v) is 2.71. The maximum absolute atomic E-state index is 12.1. The molecule has 0 aliphatic heterocycles. The average molecular weight is 262 g/mol. The number of alkyl halides is 3. The maximum Gasteiger partial charge on any atom is 0.389 e. The second-order valence-electron chi connectivity index (χ2n) is 3.97. The number of ether oxygens (including phenoxy) is 1. The van der Waals surface area contributed by atoms with E-state index >= 15 is 0 Å². The van der Waals surface area contributed by atoms with Crippen LogP contribution in [0, 0.1) is 0 Å². The van der Waals surface area contributed by atoms with E-state index < -0.39 is 12.6 Å². The highest BCUT2D eigenvalue weighted by atomic mass is 19.4. The van der Waals surface area contributed by atoms with E-state index in [0.717, 1.165) is 5.56 Å². The lowest BCUT2D eigenvalue weighted by Gasteiger charge is -2.19. The second-order valence-corrected chi connectivity index (χ2v) is 3.97. The minimum atomic E-state index is -4.10. The lowest BCUT2D eigenvalue weighted by Crippen LogP contribution is -2.18. The first-order valence-electron chi connectivity index (χ1n) is 5.70. The highest BCUT2D eigenvalue weighted by Crippen LogP contribution is 2.29. The molecule has 1 unspecified atom stereocenters. The molecule has 0 saturated heterocycles. The molecule has 0 amide bonds. The van der Waals surface area contributed by atoms with Gasteiger partial charge in [-0.05, 0) is 26.0 Å². The second kappa shape index (κ2) is 6.58. The largest absolute Gasteiger partial charge is 0.495 e. The fraction of sp³-hybridized carbons (Fsp3) is 0.583. The van der Waals surface area contributed by atoms with Gasteiger partial charge in [-0.1, -0.05) is 0 Å². The van der Waals surface area contributed by atoms with Crippen molar-refractivity contribution in [3.8, 4) is 5.75 Å². The Labute approximate surface area is 104 Å². The van der Waals surface area contributed by atoms with Gasteiger partial charge in [-0.2, -0.15) is 13.2 Å². The molecule has 1 heterocycles. The predicted molar refractivity (Wildman–Crippen MR) is 62.5 cm³/mol. The van der Waals surface area contributed by atoms with E-state index in [1.54, 1.807) is 25.5 Å². The molecule has 1 rings (SSSR count). The molecule has 0 bridgehead atoms. The number of halogens is 3. The van der Waals surface area contributed by atoms with Crippen LogP contribution in [0.3, 0.4) is 0 Å². The van der Waals surface area contributed by atoms with Crippen LogP contribution in [-0.2, 0) is 0 Å². The van der Waals surface area contributed by atoms with Crippen molar-refractivity contribution in [2.45, 2.75) is 31.5 Å². The summed E-state index contributed by atoms with van der Waals surface area (Å²) in [5.41, 5.74) is 0.831. The minimum Gasteiger partial charge on any atom is -0.495 e. The Morgan fingerprint density at radius 1 is 1.44 bits per heavy atom. The normalized spacial score (nSPS) is 13.4. The van der Waals surface area contributed by atoms with Crippen LogP contribution in [0.2, 0.25) is 0 Å². The van der Waals surface area contributed by atoms with Gasteiger partial charge in [0.15, 0.2) is 0 Å². The van der Waals surface area contributed by atoms with E-state index in [0.29, 0.717) is 12.2 Å². The molecule has 0 aliphatic rings. The summed E-state index contributed by atoms with van der Waals surface area (Å²) in [5.74, 6) is 0.587. The zero-order valence-corrected chi connectivity index (χ0v) is 10.4. The molecule has 102 valence electrons. The Balaban J connectivity index is 2.65. The molecular formula is C12H17F3N2O. The molecule has 18 heavy (non-hydrogen) atoms. The van der Waals surface area contributed by atoms with Crippen molar-refractivity contribution < 1.29 is 17.9 Å². The molecule has 0 aromatic carbocycles. The predicted octanol–water partition coefficient (Wildman–Crippen LogP) is 3.08. The summed E-state index contributed by atoms with van der Waals surface area (Å²) in [7, 11) is 3.24. The van der Waals surface area contributed by atoms with Crippen molar-refractivity contribution in [2.75, 3.05) is 14.2 Å². The summed E-state index contributed by atoms with van der Waals surface area (Å²) in [5, 5.41) is 3.00. The first-order chi connectivity index (χ1) is 8.48. The van der Waals surface area contributed by atoms with Gasteiger partial charge in [0.1, 0.15) is 5.75 Å². The number of aromatic nitrogens is 1. The van der Waals surface area contributed by atoms with E-state index in [1.165, 1.54) is 7.11 Å². The Hall–Kier alpha value is -1.30. The molecule has 1 aromatic heterocycles. The first kappa shape index (κ1) is 14.8. The van der Waals surface area contributed by atoms with Gasteiger partial charge in [0.05, 0.1) is 13.3 Å². The lowest BCUT2D eigenvalue weighted by atomic mass is 10.0. The van der Waals surface area contributed by atoms with Crippen molar-refractivity contribution in [1.82, 2.24) is 10.3 Å². The summed E-state index contributed by atoms with van der Waals surface area (Å²) in [6.45, 7) is 0. The average Bonchev–Trinajstić information content (AvgIpc) is 2.33. The zero-order valence-electron chi connectivity index (χ0n) is 10.4. The van der Waals surface area contributed by atoms with E-state index in [4.69, 9.17) is 4.74 Å². The molecule has 3 nitrogen and oxygen atoms in total. The Morgan fingerprint density at radius 2 is 2.17 bits per heavy atom. The van der Waals surface area contributed by atoms with Crippen LogP contribution in [0.25, 0.3) is 0 Å². The van der Waals surface area contributed by atoms with Crippen molar-refractivity contribution in [2.24, 2.45) is 0 Å². The number of nitrogens with zero attached hydrogens (tertiary/aromatic N) is 1. The topological polar surface area (TPSA) is 34.2 Å². The molecule has 1 aromatic rings. The Bertz CT molecular complexity index is 369. The number of nitrogens with one attached hydrogen (secondary N) is 1. The highest BCUT2D eigenvalue weighted by molar-refractivity contribution is 5.32. The van der Waals surface area contributed by atoms with Gasteiger partial charge in [0.25, 0.3) is 0 Å². The third-order valence-electron chi connectivity index (χ3n) is 2.71. The van der Waals surface area contributed by atoms with Crippen LogP contribution in [-0.4, -0.2) is 25.3 Å². The van der Waals surface area contributed by atoms with Crippen molar-refractivity contribution >= 4 is 0 Å². The summed E-state index contributed by atoms with van der Waals surface area (Å²) in [6.07, 6.45) is -1.22. The number of hydrogen-bond acceptors (Lipinski definition) is 3. The number of pyridine rings is 1. The molecule has 0 spiro atoms. The molecular weight excluding hydrogens is 245 g/mol. The van der Waals surface area contributed by atoms with Gasteiger partial charge in [-0.3, -0.25) is 4.98 Å². The van der Waals surface area contributed by atoms with E-state index in [1.807, 2.05) is 0 Å². The number of rotatable bonds is 6. The zero-order chi connectivity index (χ0) is 13.6. The molecule has 0 fully saturated rings. The molecule has 6 heteroatoms. The van der Waals surface area contributed by atoms with Crippen molar-refractivity contribution in [3.63, 3.8) is 0 Å². The molecule has 1 N–H and O–H groups in total. The minimum absolute atomic E-state index is 0.0838. The van der Waals surface area contributed by atoms with E-state index in [9.17, 15) is 13.2 Å². The lowest BCUT2D eigenvalue weighted by molar-refractivity contribution is -0.135. The summed E-state index contributed by atoms with van der Waals surface area (Å²) in [6, 6.07) is 1.60. The van der Waals surface area contributed by atoms with Crippen molar-refractivity contribution in [1.29, 1.82) is 0 Å². The first-order valence-corrected chi connectivity index (χ1v) is 5.70. The molecule has 0 radical (unpaired) electrons. The smallest absolute Gasteiger partial charge is 0.389 e. The molecule has 0 aliphatic carbocycles. The highest BCUT2D eigenvalue weighted by Gasteiger charge is 2.27. The summed E-state index contributed by atoms with van der Waals surface area (Å²) >= 11 is 0. The van der Waals surface area contributed by atoms with Crippen LogP contribution in [0.15, 0.2) is 18.5 Å². The van der Waals surface area contributed by atoms with Gasteiger partial charge in [-0.15, -0.1) is 0 Å². The van der Waals surface area contributed by atoms with Gasteiger partial charge in [0, 0.05) is 24.2 Å². The van der Waals surface area contributed by atoms with Crippen LogP contribution in [0.4, 0.5) is 13.2 Å².